The number of hydrogen-bond acceptors (Lipinski definition) is 4. The summed E-state index contributed by atoms with van der Waals surface area (Å²) in [5.74, 6) is 1.78. The second-order valence-corrected chi connectivity index (χ2v) is 10.6. The Bertz CT molecular complexity index is 1190. The number of rotatable bonds is 5. The number of fused-ring (bicyclic) bond motifs is 3. The third-order valence-electron chi connectivity index (χ3n) is 8.69. The first-order valence-electron chi connectivity index (χ1n) is 13.0. The van der Waals surface area contributed by atoms with Crippen LogP contribution in [0.3, 0.4) is 0 Å². The predicted octanol–water partition coefficient (Wildman–Crippen LogP) is 5.30. The number of aromatic nitrogens is 1. The van der Waals surface area contributed by atoms with Crippen molar-refractivity contribution in [3.05, 3.63) is 72.1 Å². The average Bonchev–Trinajstić information content (AvgIpc) is 3.18. The van der Waals surface area contributed by atoms with Crippen LogP contribution in [0.15, 0.2) is 60.9 Å². The lowest BCUT2D eigenvalue weighted by molar-refractivity contribution is -0.146. The van der Waals surface area contributed by atoms with Gasteiger partial charge in [-0.2, -0.15) is 0 Å². The minimum absolute atomic E-state index is 0.327. The SMILES string of the molecule is COc1ccc(C2(C(=O)N3C4CCC3CC(Cc3ccc5ccncc5c3)C4)CCOCC2)cc1. The zero-order chi connectivity index (χ0) is 23.8. The highest BCUT2D eigenvalue weighted by Gasteiger charge is 2.51. The molecule has 0 radical (unpaired) electrons. The van der Waals surface area contributed by atoms with Crippen LogP contribution in [-0.2, 0) is 21.4 Å². The number of carbonyl (C=O) groups is 1. The van der Waals surface area contributed by atoms with Crippen LogP contribution in [0.4, 0.5) is 0 Å². The Hall–Kier alpha value is -2.92. The van der Waals surface area contributed by atoms with E-state index in [9.17, 15) is 4.79 Å². The van der Waals surface area contributed by atoms with E-state index in [-0.39, 0.29) is 0 Å². The van der Waals surface area contributed by atoms with Crippen molar-refractivity contribution in [1.29, 1.82) is 0 Å². The van der Waals surface area contributed by atoms with Crippen molar-refractivity contribution in [3.8, 4) is 5.75 Å². The quantitative estimate of drug-likeness (QED) is 0.508. The van der Waals surface area contributed by atoms with E-state index in [0.717, 1.165) is 56.3 Å². The standard InChI is InChI=1S/C30H34N2O3/c1-34-28-8-4-25(5-9-28)30(11-14-35-15-12-30)29(33)32-26-6-7-27(32)19-22(18-26)16-21-2-3-23-10-13-31-20-24(23)17-21/h2-5,8-10,13,17,20,22,26-27H,6-7,11-12,14-16,18-19H2,1H3. The van der Waals surface area contributed by atoms with Crippen LogP contribution >= 0.6 is 0 Å². The van der Waals surface area contributed by atoms with Gasteiger partial charge in [-0.3, -0.25) is 9.78 Å². The average molecular weight is 471 g/mol. The Labute approximate surface area is 207 Å². The maximum absolute atomic E-state index is 14.3. The zero-order valence-corrected chi connectivity index (χ0v) is 20.5. The maximum atomic E-state index is 14.3. The lowest BCUT2D eigenvalue weighted by Crippen LogP contribution is -2.56. The molecule has 3 aromatic rings. The molecule has 2 unspecified atom stereocenters. The van der Waals surface area contributed by atoms with Crippen LogP contribution in [0.1, 0.15) is 49.7 Å². The molecule has 35 heavy (non-hydrogen) atoms. The summed E-state index contributed by atoms with van der Waals surface area (Å²) in [5, 5.41) is 2.45. The molecule has 3 fully saturated rings. The Morgan fingerprint density at radius 3 is 2.49 bits per heavy atom. The summed E-state index contributed by atoms with van der Waals surface area (Å²) in [6.45, 7) is 1.28. The summed E-state index contributed by atoms with van der Waals surface area (Å²) in [6, 6.07) is 17.7. The summed E-state index contributed by atoms with van der Waals surface area (Å²) < 4.78 is 11.1. The number of methoxy groups -OCH3 is 1. The van der Waals surface area contributed by atoms with Crippen LogP contribution in [0.5, 0.6) is 5.75 Å². The van der Waals surface area contributed by atoms with Crippen molar-refractivity contribution in [2.24, 2.45) is 5.92 Å². The second kappa shape index (κ2) is 9.27. The fourth-order valence-corrected chi connectivity index (χ4v) is 6.89. The van der Waals surface area contributed by atoms with Gasteiger partial charge >= 0.3 is 0 Å². The first-order valence-corrected chi connectivity index (χ1v) is 13.0. The van der Waals surface area contributed by atoms with Crippen LogP contribution in [0, 0.1) is 5.92 Å². The van der Waals surface area contributed by atoms with Crippen LogP contribution in [-0.4, -0.2) is 48.2 Å². The maximum Gasteiger partial charge on any atom is 0.233 e. The molecular weight excluding hydrogens is 436 g/mol. The lowest BCUT2D eigenvalue weighted by atomic mass is 9.72. The largest absolute Gasteiger partial charge is 0.497 e. The summed E-state index contributed by atoms with van der Waals surface area (Å²) in [6.07, 6.45) is 10.8. The molecule has 1 aromatic heterocycles. The first-order chi connectivity index (χ1) is 17.2. The molecule has 1 amide bonds. The molecule has 2 bridgehead atoms. The Morgan fingerprint density at radius 1 is 1.03 bits per heavy atom. The van der Waals surface area contributed by atoms with Gasteiger partial charge in [-0.1, -0.05) is 24.3 Å². The normalized spacial score (nSPS) is 25.5. The molecule has 5 nitrogen and oxygen atoms in total. The van der Waals surface area contributed by atoms with Crippen molar-refractivity contribution in [1.82, 2.24) is 9.88 Å². The van der Waals surface area contributed by atoms with Gasteiger partial charge in [-0.15, -0.1) is 0 Å². The van der Waals surface area contributed by atoms with E-state index in [1.807, 2.05) is 24.5 Å². The third kappa shape index (κ3) is 4.10. The van der Waals surface area contributed by atoms with Crippen LogP contribution in [0.25, 0.3) is 10.8 Å². The number of pyridine rings is 1. The lowest BCUT2D eigenvalue weighted by Gasteiger charge is -2.46. The number of carbonyl (C=O) groups excluding carboxylic acids is 1. The molecule has 182 valence electrons. The predicted molar refractivity (Wildman–Crippen MR) is 137 cm³/mol. The third-order valence-corrected chi connectivity index (χ3v) is 8.69. The summed E-state index contributed by atoms with van der Waals surface area (Å²) in [7, 11) is 1.68. The Kier molecular flexibility index (Phi) is 5.97. The molecule has 0 aliphatic carbocycles. The Morgan fingerprint density at radius 2 is 1.77 bits per heavy atom. The topological polar surface area (TPSA) is 51.7 Å². The highest BCUT2D eigenvalue weighted by Crippen LogP contribution is 2.45. The molecule has 2 atom stereocenters. The smallest absolute Gasteiger partial charge is 0.233 e. The van der Waals surface area contributed by atoms with Crippen molar-refractivity contribution < 1.29 is 14.3 Å². The number of nitrogens with zero attached hydrogens (tertiary/aromatic N) is 2. The highest BCUT2D eigenvalue weighted by molar-refractivity contribution is 5.89. The minimum atomic E-state index is -0.483. The molecule has 4 heterocycles. The van der Waals surface area contributed by atoms with E-state index in [0.29, 0.717) is 37.1 Å². The van der Waals surface area contributed by atoms with Crippen molar-refractivity contribution in [3.63, 3.8) is 0 Å². The molecule has 3 saturated heterocycles. The number of amides is 1. The van der Waals surface area contributed by atoms with Crippen molar-refractivity contribution in [2.45, 2.75) is 62.4 Å². The molecule has 0 saturated carbocycles. The summed E-state index contributed by atoms with van der Waals surface area (Å²) in [5.41, 5.74) is 2.01. The van der Waals surface area contributed by atoms with E-state index in [4.69, 9.17) is 9.47 Å². The van der Waals surface area contributed by atoms with Crippen LogP contribution in [0.2, 0.25) is 0 Å². The monoisotopic (exact) mass is 470 g/mol. The van der Waals surface area contributed by atoms with Gasteiger partial charge in [0.05, 0.1) is 12.5 Å². The van der Waals surface area contributed by atoms with Gasteiger partial charge < -0.3 is 14.4 Å². The molecule has 3 aliphatic heterocycles. The van der Waals surface area contributed by atoms with E-state index < -0.39 is 5.41 Å². The van der Waals surface area contributed by atoms with E-state index >= 15 is 0 Å². The molecule has 3 aliphatic rings. The fourth-order valence-electron chi connectivity index (χ4n) is 6.89. The van der Waals surface area contributed by atoms with E-state index in [1.54, 1.807) is 7.11 Å². The van der Waals surface area contributed by atoms with Gasteiger partial charge in [0.15, 0.2) is 0 Å². The van der Waals surface area contributed by atoms with E-state index in [1.165, 1.54) is 16.3 Å². The van der Waals surface area contributed by atoms with Gasteiger partial charge in [-0.05, 0) is 91.6 Å². The van der Waals surface area contributed by atoms with Crippen molar-refractivity contribution >= 4 is 16.7 Å². The molecule has 5 heteroatoms. The number of ether oxygens (including phenoxy) is 2. The Balaban J connectivity index is 1.22. The van der Waals surface area contributed by atoms with Gasteiger partial charge in [0.1, 0.15) is 5.75 Å². The van der Waals surface area contributed by atoms with Gasteiger partial charge in [0.25, 0.3) is 0 Å². The van der Waals surface area contributed by atoms with Gasteiger partial charge in [0, 0.05) is 43.1 Å². The zero-order valence-electron chi connectivity index (χ0n) is 20.5. The van der Waals surface area contributed by atoms with Gasteiger partial charge in [-0.25, -0.2) is 0 Å². The molecule has 0 N–H and O–H groups in total. The van der Waals surface area contributed by atoms with Crippen molar-refractivity contribution in [2.75, 3.05) is 20.3 Å². The highest BCUT2D eigenvalue weighted by atomic mass is 16.5. The van der Waals surface area contributed by atoms with Gasteiger partial charge in [0.2, 0.25) is 5.91 Å². The number of benzene rings is 2. The molecular formula is C30H34N2O3. The molecule has 2 aromatic carbocycles. The van der Waals surface area contributed by atoms with Crippen LogP contribution < -0.4 is 4.74 Å². The fraction of sp³-hybridized carbons (Fsp3) is 0.467. The summed E-state index contributed by atoms with van der Waals surface area (Å²) >= 11 is 0. The number of hydrogen-bond donors (Lipinski definition) is 0. The van der Waals surface area contributed by atoms with E-state index in [2.05, 4.69) is 46.3 Å². The molecule has 6 rings (SSSR count). The number of piperidine rings is 1. The second-order valence-electron chi connectivity index (χ2n) is 10.6. The summed E-state index contributed by atoms with van der Waals surface area (Å²) in [4.78, 5) is 20.9. The molecule has 0 spiro atoms. The first kappa shape index (κ1) is 22.5. The minimum Gasteiger partial charge on any atom is -0.497 e.